The van der Waals surface area contributed by atoms with Crippen molar-refractivity contribution >= 4 is 0 Å². The highest BCUT2D eigenvalue weighted by Gasteiger charge is 2.08. The van der Waals surface area contributed by atoms with E-state index in [0.29, 0.717) is 36.5 Å². The summed E-state index contributed by atoms with van der Waals surface area (Å²) in [5, 5.41) is 8.96. The monoisotopic (exact) mass is 302 g/mol. The zero-order chi connectivity index (χ0) is 16.1. The van der Waals surface area contributed by atoms with Gasteiger partial charge >= 0.3 is 0 Å². The predicted molar refractivity (Wildman–Crippen MR) is 85.5 cm³/mol. The van der Waals surface area contributed by atoms with Gasteiger partial charge < -0.3 is 14.8 Å². The highest BCUT2D eigenvalue weighted by Crippen LogP contribution is 2.22. The van der Waals surface area contributed by atoms with Crippen LogP contribution in [0.25, 0.3) is 0 Å². The van der Waals surface area contributed by atoms with E-state index in [1.54, 1.807) is 6.92 Å². The van der Waals surface area contributed by atoms with E-state index in [0.717, 1.165) is 16.9 Å². The molecule has 0 spiro atoms. The summed E-state index contributed by atoms with van der Waals surface area (Å²) < 4.78 is 5.83. The first kappa shape index (κ1) is 16.2. The van der Waals surface area contributed by atoms with E-state index in [-0.39, 0.29) is 12.2 Å². The lowest BCUT2D eigenvalue weighted by Gasteiger charge is -2.12. The van der Waals surface area contributed by atoms with Gasteiger partial charge in [0.15, 0.2) is 0 Å². The number of para-hydroxylation sites is 1. The molecule has 0 aliphatic heterocycles. The van der Waals surface area contributed by atoms with Crippen molar-refractivity contribution in [2.75, 3.05) is 13.2 Å². The molecule has 5 nitrogen and oxygen atoms in total. The lowest BCUT2D eigenvalue weighted by atomic mass is 10.1. The van der Waals surface area contributed by atoms with Crippen molar-refractivity contribution in [3.8, 4) is 5.75 Å². The molecular formula is C17H22N2O3. The number of hydrogen-bond acceptors (Lipinski definition) is 4. The Balaban J connectivity index is 2.05. The van der Waals surface area contributed by atoms with Gasteiger partial charge in [0.1, 0.15) is 11.6 Å². The number of aromatic nitrogens is 2. The van der Waals surface area contributed by atoms with Gasteiger partial charge in [0.2, 0.25) is 0 Å². The minimum atomic E-state index is -0.177. The van der Waals surface area contributed by atoms with Crippen LogP contribution in [0, 0.1) is 20.8 Å². The fourth-order valence-corrected chi connectivity index (χ4v) is 2.47. The average molecular weight is 302 g/mol. The van der Waals surface area contributed by atoms with E-state index in [4.69, 9.17) is 9.84 Å². The van der Waals surface area contributed by atoms with E-state index in [1.165, 1.54) is 0 Å². The Morgan fingerprint density at radius 3 is 2.45 bits per heavy atom. The molecule has 0 aliphatic carbocycles. The maximum absolute atomic E-state index is 11.9. The first-order chi connectivity index (χ1) is 10.5. The lowest BCUT2D eigenvalue weighted by Crippen LogP contribution is -2.21. The smallest absolute Gasteiger partial charge is 0.254 e. The van der Waals surface area contributed by atoms with E-state index in [9.17, 15) is 4.79 Å². The molecule has 0 bridgehead atoms. The molecule has 5 heteroatoms. The summed E-state index contributed by atoms with van der Waals surface area (Å²) in [4.78, 5) is 19.1. The second kappa shape index (κ2) is 7.22. The summed E-state index contributed by atoms with van der Waals surface area (Å²) in [5.41, 5.74) is 3.22. The normalized spacial score (nSPS) is 10.7. The molecule has 22 heavy (non-hydrogen) atoms. The molecule has 0 saturated carbocycles. The van der Waals surface area contributed by atoms with Gasteiger partial charge in [-0.15, -0.1) is 0 Å². The van der Waals surface area contributed by atoms with Gasteiger partial charge in [-0.3, -0.25) is 4.79 Å². The van der Waals surface area contributed by atoms with Gasteiger partial charge in [-0.1, -0.05) is 18.2 Å². The molecule has 0 radical (unpaired) electrons. The van der Waals surface area contributed by atoms with Crippen LogP contribution in [0.2, 0.25) is 0 Å². The van der Waals surface area contributed by atoms with Crippen molar-refractivity contribution in [2.24, 2.45) is 0 Å². The third-order valence-corrected chi connectivity index (χ3v) is 3.63. The fourth-order valence-electron chi connectivity index (χ4n) is 2.47. The number of nitrogens with zero attached hydrogens (tertiary/aromatic N) is 1. The second-order valence-electron chi connectivity index (χ2n) is 5.37. The number of nitrogens with one attached hydrogen (secondary N) is 1. The first-order valence-electron chi connectivity index (χ1n) is 7.41. The summed E-state index contributed by atoms with van der Waals surface area (Å²) >= 11 is 0. The van der Waals surface area contributed by atoms with Crippen molar-refractivity contribution in [1.29, 1.82) is 0 Å². The Bertz CT molecular complexity index is 687. The number of H-pyrrole nitrogens is 1. The zero-order valence-corrected chi connectivity index (χ0v) is 13.3. The molecule has 1 heterocycles. The quantitative estimate of drug-likeness (QED) is 0.854. The molecule has 1 aromatic carbocycles. The van der Waals surface area contributed by atoms with Crippen LogP contribution in [0.1, 0.15) is 28.2 Å². The third kappa shape index (κ3) is 3.74. The topological polar surface area (TPSA) is 75.2 Å². The summed E-state index contributed by atoms with van der Waals surface area (Å²) in [6, 6.07) is 6.02. The third-order valence-electron chi connectivity index (χ3n) is 3.63. The van der Waals surface area contributed by atoms with Gasteiger partial charge in [0.05, 0.1) is 6.61 Å². The Morgan fingerprint density at radius 1 is 1.18 bits per heavy atom. The number of benzene rings is 1. The Morgan fingerprint density at radius 2 is 1.86 bits per heavy atom. The van der Waals surface area contributed by atoms with E-state index in [2.05, 4.69) is 9.97 Å². The fraction of sp³-hybridized carbons (Fsp3) is 0.412. The summed E-state index contributed by atoms with van der Waals surface area (Å²) in [5.74, 6) is 1.49. The Kier molecular flexibility index (Phi) is 5.33. The van der Waals surface area contributed by atoms with Crippen LogP contribution >= 0.6 is 0 Å². The van der Waals surface area contributed by atoms with Gasteiger partial charge in [0.25, 0.3) is 5.56 Å². The molecule has 118 valence electrons. The standard InChI is InChI=1S/C17H22N2O3/c1-11-5-4-6-12(2)16(11)22-10-8-15-18-13(3)14(7-9-20)17(21)19-15/h4-6,20H,7-10H2,1-3H3,(H,18,19,21). The van der Waals surface area contributed by atoms with Crippen LogP contribution in [0.4, 0.5) is 0 Å². The predicted octanol–water partition coefficient (Wildman–Crippen LogP) is 1.85. The zero-order valence-electron chi connectivity index (χ0n) is 13.3. The Hall–Kier alpha value is -2.14. The average Bonchev–Trinajstić information content (AvgIpc) is 2.46. The molecular weight excluding hydrogens is 280 g/mol. The second-order valence-corrected chi connectivity index (χ2v) is 5.37. The van der Waals surface area contributed by atoms with E-state index < -0.39 is 0 Å². The highest BCUT2D eigenvalue weighted by atomic mass is 16.5. The molecule has 2 aromatic rings. The van der Waals surface area contributed by atoms with E-state index >= 15 is 0 Å². The summed E-state index contributed by atoms with van der Waals surface area (Å²) in [7, 11) is 0. The molecule has 0 unspecified atom stereocenters. The van der Waals surface area contributed by atoms with E-state index in [1.807, 2.05) is 32.0 Å². The van der Waals surface area contributed by atoms with Crippen LogP contribution in [-0.2, 0) is 12.8 Å². The van der Waals surface area contributed by atoms with Crippen molar-refractivity contribution in [2.45, 2.75) is 33.6 Å². The maximum Gasteiger partial charge on any atom is 0.254 e. The van der Waals surface area contributed by atoms with Crippen molar-refractivity contribution in [1.82, 2.24) is 9.97 Å². The number of ether oxygens (including phenoxy) is 1. The largest absolute Gasteiger partial charge is 0.493 e. The highest BCUT2D eigenvalue weighted by molar-refractivity contribution is 5.39. The minimum Gasteiger partial charge on any atom is -0.493 e. The molecule has 0 amide bonds. The number of aliphatic hydroxyl groups is 1. The lowest BCUT2D eigenvalue weighted by molar-refractivity contribution is 0.298. The first-order valence-corrected chi connectivity index (χ1v) is 7.41. The van der Waals surface area contributed by atoms with Crippen LogP contribution < -0.4 is 10.3 Å². The number of aliphatic hydroxyl groups excluding tert-OH is 1. The summed E-state index contributed by atoms with van der Waals surface area (Å²) in [6.45, 7) is 6.21. The van der Waals surface area contributed by atoms with Gasteiger partial charge in [0, 0.05) is 30.7 Å². The number of aromatic amines is 1. The van der Waals surface area contributed by atoms with Crippen LogP contribution in [0.3, 0.4) is 0 Å². The molecule has 0 fully saturated rings. The molecule has 1 aromatic heterocycles. The van der Waals surface area contributed by atoms with Gasteiger partial charge in [-0.05, 0) is 31.9 Å². The van der Waals surface area contributed by atoms with Gasteiger partial charge in [-0.2, -0.15) is 0 Å². The number of hydrogen-bond donors (Lipinski definition) is 2. The molecule has 2 rings (SSSR count). The molecule has 2 N–H and O–H groups in total. The maximum atomic E-state index is 11.9. The number of aryl methyl sites for hydroxylation is 3. The molecule has 0 saturated heterocycles. The minimum absolute atomic E-state index is 0.0549. The summed E-state index contributed by atoms with van der Waals surface area (Å²) in [6.07, 6.45) is 0.858. The van der Waals surface area contributed by atoms with Gasteiger partial charge in [-0.25, -0.2) is 4.98 Å². The number of rotatable bonds is 6. The van der Waals surface area contributed by atoms with Crippen LogP contribution in [0.5, 0.6) is 5.75 Å². The Labute approximate surface area is 130 Å². The van der Waals surface area contributed by atoms with Crippen molar-refractivity contribution < 1.29 is 9.84 Å². The SMILES string of the molecule is Cc1cccc(C)c1OCCc1nc(C)c(CCO)c(=O)[nH]1. The van der Waals surface area contributed by atoms with Crippen molar-refractivity contribution in [3.63, 3.8) is 0 Å². The van der Waals surface area contributed by atoms with Crippen LogP contribution in [0.15, 0.2) is 23.0 Å². The molecule has 0 aliphatic rings. The van der Waals surface area contributed by atoms with Crippen LogP contribution in [-0.4, -0.2) is 28.3 Å². The molecule has 0 atom stereocenters. The van der Waals surface area contributed by atoms with Crippen molar-refractivity contribution in [3.05, 3.63) is 56.8 Å².